The van der Waals surface area contributed by atoms with Crippen LogP contribution in [0.5, 0.6) is 0 Å². The highest BCUT2D eigenvalue weighted by molar-refractivity contribution is 9.10. The average molecular weight is 254 g/mol. The van der Waals surface area contributed by atoms with Gasteiger partial charge < -0.3 is 0 Å². The minimum Gasteiger partial charge on any atom is -0.256 e. The summed E-state index contributed by atoms with van der Waals surface area (Å²) in [5.74, 6) is 0. The number of hydrogen-bond acceptors (Lipinski definition) is 2. The Morgan fingerprint density at radius 1 is 1.33 bits per heavy atom. The highest BCUT2D eigenvalue weighted by Gasteiger charge is 2.07. The summed E-state index contributed by atoms with van der Waals surface area (Å²) in [6, 6.07) is 6.34. The van der Waals surface area contributed by atoms with E-state index in [4.69, 9.17) is 0 Å². The molecule has 0 aliphatic rings. The Kier molecular flexibility index (Phi) is 2.69. The summed E-state index contributed by atoms with van der Waals surface area (Å²) in [6.45, 7) is 0. The molecule has 0 saturated heterocycles. The second-order valence-corrected chi connectivity index (χ2v) is 3.95. The molecule has 0 aliphatic heterocycles. The van der Waals surface area contributed by atoms with Gasteiger partial charge in [-0.2, -0.15) is 8.42 Å². The van der Waals surface area contributed by atoms with Crippen molar-refractivity contribution in [3.05, 3.63) is 28.7 Å². The van der Waals surface area contributed by atoms with Crippen molar-refractivity contribution in [2.45, 2.75) is 0 Å². The molecule has 1 rings (SSSR count). The minimum absolute atomic E-state index is 0.181. The molecular weight excluding hydrogens is 249 g/mol. The van der Waals surface area contributed by atoms with Crippen molar-refractivity contribution in [3.8, 4) is 0 Å². The van der Waals surface area contributed by atoms with Crippen molar-refractivity contribution in [3.63, 3.8) is 0 Å². The first-order valence-corrected chi connectivity index (χ1v) is 5.13. The van der Waals surface area contributed by atoms with Gasteiger partial charge in [-0.25, -0.2) is 0 Å². The zero-order valence-corrected chi connectivity index (χ0v) is 8.19. The van der Waals surface area contributed by atoms with E-state index in [0.717, 1.165) is 0 Å². The van der Waals surface area contributed by atoms with Crippen LogP contribution in [0.2, 0.25) is 0 Å². The molecule has 0 saturated carbocycles. The molecule has 0 fully saturated rings. The van der Waals surface area contributed by atoms with Gasteiger partial charge in [-0.1, -0.05) is 16.0 Å². The molecule has 1 aromatic carbocycles. The van der Waals surface area contributed by atoms with Crippen LogP contribution in [0.1, 0.15) is 0 Å². The third kappa shape index (κ3) is 2.78. The minimum atomic E-state index is -4.68. The lowest BCUT2D eigenvalue weighted by molar-refractivity contribution is 0.558. The second kappa shape index (κ2) is 3.40. The van der Waals surface area contributed by atoms with Gasteiger partial charge in [0.15, 0.2) is 0 Å². The maximum atomic E-state index is 12.1. The molecule has 0 heterocycles. The molecule has 0 bridgehead atoms. The molecule has 0 amide bonds. The first-order chi connectivity index (χ1) is 5.49. The van der Waals surface area contributed by atoms with Gasteiger partial charge in [0.25, 0.3) is 0 Å². The van der Waals surface area contributed by atoms with E-state index in [0.29, 0.717) is 4.47 Å². The van der Waals surface area contributed by atoms with Crippen molar-refractivity contribution >= 4 is 32.0 Å². The Labute approximate surface area is 78.1 Å². The quantitative estimate of drug-likeness (QED) is 0.821. The molecule has 0 unspecified atom stereocenters. The van der Waals surface area contributed by atoms with E-state index in [1.807, 2.05) is 0 Å². The van der Waals surface area contributed by atoms with Crippen LogP contribution in [-0.4, -0.2) is 8.42 Å². The molecule has 6 heteroatoms. The lowest BCUT2D eigenvalue weighted by Gasteiger charge is -2.01. The summed E-state index contributed by atoms with van der Waals surface area (Å²) in [6.07, 6.45) is 0. The average Bonchev–Trinajstić information content (AvgIpc) is 1.91. The summed E-state index contributed by atoms with van der Waals surface area (Å²) in [5, 5.41) is 0. The Hall–Kier alpha value is -0.620. The van der Waals surface area contributed by atoms with E-state index in [2.05, 4.69) is 15.9 Å². The fourth-order valence-corrected chi connectivity index (χ4v) is 1.63. The van der Waals surface area contributed by atoms with Crippen molar-refractivity contribution in [2.24, 2.45) is 0 Å². The van der Waals surface area contributed by atoms with Crippen LogP contribution in [-0.2, 0) is 10.4 Å². The fraction of sp³-hybridized carbons (Fsp3) is 0. The van der Waals surface area contributed by atoms with Gasteiger partial charge in [0.1, 0.15) is 0 Å². The number of rotatable bonds is 2. The topological polar surface area (TPSA) is 46.2 Å². The van der Waals surface area contributed by atoms with Crippen molar-refractivity contribution < 1.29 is 12.3 Å². The smallest absolute Gasteiger partial charge is 0.256 e. The van der Waals surface area contributed by atoms with Crippen molar-refractivity contribution in [1.82, 2.24) is 0 Å². The van der Waals surface area contributed by atoms with Crippen LogP contribution in [0.25, 0.3) is 0 Å². The SMILES string of the molecule is O=S(=O)(F)Nc1ccccc1Br. The molecule has 12 heavy (non-hydrogen) atoms. The summed E-state index contributed by atoms with van der Waals surface area (Å²) < 4.78 is 34.6. The standard InChI is InChI=1S/C6H5BrFNO2S/c7-5-3-1-2-4-6(5)9-12(8,10)11/h1-4,9H. The molecule has 3 nitrogen and oxygen atoms in total. The highest BCUT2D eigenvalue weighted by Crippen LogP contribution is 2.22. The van der Waals surface area contributed by atoms with Crippen molar-refractivity contribution in [1.29, 1.82) is 0 Å². The number of benzene rings is 1. The molecule has 0 spiro atoms. The number of nitrogens with one attached hydrogen (secondary N) is 1. The lowest BCUT2D eigenvalue weighted by atomic mass is 10.3. The lowest BCUT2D eigenvalue weighted by Crippen LogP contribution is -2.05. The maximum absolute atomic E-state index is 12.1. The molecule has 0 radical (unpaired) electrons. The van der Waals surface area contributed by atoms with Gasteiger partial charge in [-0.15, -0.1) is 0 Å². The van der Waals surface area contributed by atoms with Crippen LogP contribution in [0.15, 0.2) is 28.7 Å². The predicted octanol–water partition coefficient (Wildman–Crippen LogP) is 2.08. The molecule has 1 N–H and O–H groups in total. The third-order valence-electron chi connectivity index (χ3n) is 1.11. The van der Waals surface area contributed by atoms with E-state index >= 15 is 0 Å². The largest absolute Gasteiger partial charge is 0.397 e. The molecule has 1 aromatic rings. The summed E-state index contributed by atoms with van der Waals surface area (Å²) in [4.78, 5) is 0. The Balaban J connectivity index is 2.98. The zero-order valence-electron chi connectivity index (χ0n) is 5.79. The third-order valence-corrected chi connectivity index (χ3v) is 2.26. The first kappa shape index (κ1) is 9.47. The second-order valence-electron chi connectivity index (χ2n) is 2.02. The van der Waals surface area contributed by atoms with Gasteiger partial charge in [0, 0.05) is 4.47 Å². The molecule has 0 aromatic heterocycles. The predicted molar refractivity (Wildman–Crippen MR) is 47.8 cm³/mol. The van der Waals surface area contributed by atoms with Crippen LogP contribution >= 0.6 is 15.9 Å². The van der Waals surface area contributed by atoms with Gasteiger partial charge >= 0.3 is 10.4 Å². The number of para-hydroxylation sites is 1. The fourth-order valence-electron chi connectivity index (χ4n) is 0.675. The molecule has 0 atom stereocenters. The Morgan fingerprint density at radius 3 is 2.42 bits per heavy atom. The van der Waals surface area contributed by atoms with Gasteiger partial charge in [0.05, 0.1) is 5.69 Å². The van der Waals surface area contributed by atoms with Crippen LogP contribution in [0, 0.1) is 0 Å². The molecule has 0 aliphatic carbocycles. The summed E-state index contributed by atoms with van der Waals surface area (Å²) in [7, 11) is -4.68. The maximum Gasteiger partial charge on any atom is 0.397 e. The number of hydrogen-bond donors (Lipinski definition) is 1. The Morgan fingerprint density at radius 2 is 1.92 bits per heavy atom. The van der Waals surface area contributed by atoms with E-state index in [1.54, 1.807) is 22.9 Å². The summed E-state index contributed by atoms with van der Waals surface area (Å²) in [5.41, 5.74) is 0.181. The molecule has 66 valence electrons. The van der Waals surface area contributed by atoms with E-state index in [1.165, 1.54) is 6.07 Å². The van der Waals surface area contributed by atoms with Crippen LogP contribution in [0.4, 0.5) is 9.57 Å². The first-order valence-electron chi connectivity index (χ1n) is 2.96. The molecular formula is C6H5BrFNO2S. The zero-order chi connectivity index (χ0) is 9.19. The monoisotopic (exact) mass is 253 g/mol. The van der Waals surface area contributed by atoms with E-state index in [-0.39, 0.29) is 5.69 Å². The number of halogens is 2. The van der Waals surface area contributed by atoms with Gasteiger partial charge in [0.2, 0.25) is 0 Å². The summed E-state index contributed by atoms with van der Waals surface area (Å²) >= 11 is 3.06. The van der Waals surface area contributed by atoms with Gasteiger partial charge in [-0.3, -0.25) is 4.72 Å². The van der Waals surface area contributed by atoms with Crippen LogP contribution in [0.3, 0.4) is 0 Å². The number of anilines is 1. The van der Waals surface area contributed by atoms with Crippen LogP contribution < -0.4 is 4.72 Å². The Bertz CT molecular complexity index is 379. The van der Waals surface area contributed by atoms with E-state index in [9.17, 15) is 12.3 Å². The normalized spacial score (nSPS) is 11.2. The highest BCUT2D eigenvalue weighted by atomic mass is 79.9. The van der Waals surface area contributed by atoms with E-state index < -0.39 is 10.4 Å². The van der Waals surface area contributed by atoms with Crippen molar-refractivity contribution in [2.75, 3.05) is 4.72 Å². The van der Waals surface area contributed by atoms with Gasteiger partial charge in [-0.05, 0) is 28.1 Å².